The smallest absolute Gasteiger partial charge is 0.178 e. The number of rotatable bonds is 5. The molecule has 7 nitrogen and oxygen atoms in total. The van der Waals surface area contributed by atoms with Gasteiger partial charge >= 0.3 is 0 Å². The van der Waals surface area contributed by atoms with E-state index in [9.17, 15) is 0 Å². The summed E-state index contributed by atoms with van der Waals surface area (Å²) in [6, 6.07) is 25.2. The van der Waals surface area contributed by atoms with Crippen LogP contribution in [0.25, 0.3) is 11.4 Å². The maximum atomic E-state index is 4.63. The summed E-state index contributed by atoms with van der Waals surface area (Å²) in [5, 5.41) is 13.5. The van der Waals surface area contributed by atoms with Crippen LogP contribution in [-0.4, -0.2) is 29.8 Å². The molecule has 3 aromatic heterocycles. The molecule has 150 valence electrons. The predicted molar refractivity (Wildman–Crippen MR) is 107 cm³/mol. The van der Waals surface area contributed by atoms with Gasteiger partial charge in [0.15, 0.2) is 5.82 Å². The van der Waals surface area contributed by atoms with Crippen molar-refractivity contribution in [2.75, 3.05) is 4.90 Å². The maximum Gasteiger partial charge on any atom is 0.178 e. The van der Waals surface area contributed by atoms with Crippen molar-refractivity contribution in [3.63, 3.8) is 0 Å². The number of nitrogens with zero attached hydrogens (tertiary/aromatic N) is 7. The first-order valence-electron chi connectivity index (χ1n) is 8.92. The second kappa shape index (κ2) is 8.84. The molecule has 0 spiro atoms. The zero-order valence-electron chi connectivity index (χ0n) is 15.5. The zero-order valence-corrected chi connectivity index (χ0v) is 17.8. The second-order valence-corrected chi connectivity index (χ2v) is 6.08. The molecule has 0 amide bonds. The van der Waals surface area contributed by atoms with Crippen LogP contribution >= 0.6 is 0 Å². The molecule has 0 bridgehead atoms. The molecular formula is C22H14N7Pt-3. The fourth-order valence-electron chi connectivity index (χ4n) is 2.89. The Labute approximate surface area is 187 Å². The Morgan fingerprint density at radius 3 is 2.23 bits per heavy atom. The third kappa shape index (κ3) is 3.93. The summed E-state index contributed by atoms with van der Waals surface area (Å²) < 4.78 is 1.65. The summed E-state index contributed by atoms with van der Waals surface area (Å²) in [6.07, 6.45) is 10.2. The van der Waals surface area contributed by atoms with Gasteiger partial charge in [0, 0.05) is 39.1 Å². The number of benzene rings is 2. The molecule has 0 atom stereocenters. The van der Waals surface area contributed by atoms with Crippen LogP contribution < -0.4 is 4.90 Å². The number of para-hydroxylation sites is 2. The van der Waals surface area contributed by atoms with E-state index < -0.39 is 0 Å². The van der Waals surface area contributed by atoms with E-state index in [1.165, 1.54) is 0 Å². The SMILES string of the molecule is [Pt].[c-]1ccccc1-n1[c-]c(N(c2ccncc2)c2cnn(-c3[c-]cccc3)n2)cn1. The van der Waals surface area contributed by atoms with Gasteiger partial charge in [-0.1, -0.05) is 6.20 Å². The van der Waals surface area contributed by atoms with E-state index in [0.717, 1.165) is 22.7 Å². The number of pyridine rings is 1. The topological polar surface area (TPSA) is 64.7 Å². The molecule has 0 saturated carbocycles. The molecule has 8 heteroatoms. The van der Waals surface area contributed by atoms with Crippen molar-refractivity contribution in [3.8, 4) is 11.4 Å². The van der Waals surface area contributed by atoms with E-state index in [0.29, 0.717) is 5.82 Å². The number of hydrogen-bond donors (Lipinski definition) is 0. The quantitative estimate of drug-likeness (QED) is 0.301. The first kappa shape index (κ1) is 19.7. The number of aromatic nitrogens is 6. The average Bonchev–Trinajstić information content (AvgIpc) is 3.47. The van der Waals surface area contributed by atoms with Crippen LogP contribution in [0.5, 0.6) is 0 Å². The zero-order chi connectivity index (χ0) is 19.5. The van der Waals surface area contributed by atoms with Crippen LogP contribution in [0.1, 0.15) is 0 Å². The monoisotopic (exact) mass is 571 g/mol. The molecule has 0 aliphatic carbocycles. The van der Waals surface area contributed by atoms with E-state index in [-0.39, 0.29) is 21.1 Å². The maximum absolute atomic E-state index is 4.63. The minimum atomic E-state index is 0. The first-order valence-corrected chi connectivity index (χ1v) is 8.92. The van der Waals surface area contributed by atoms with Crippen molar-refractivity contribution >= 4 is 17.2 Å². The van der Waals surface area contributed by atoms with Crippen molar-refractivity contribution in [3.05, 3.63) is 104 Å². The van der Waals surface area contributed by atoms with E-state index in [1.54, 1.807) is 34.3 Å². The van der Waals surface area contributed by atoms with Gasteiger partial charge in [0.1, 0.15) is 0 Å². The van der Waals surface area contributed by atoms with Gasteiger partial charge in [-0.05, 0) is 29.7 Å². The Bertz CT molecular complexity index is 1130. The predicted octanol–water partition coefficient (Wildman–Crippen LogP) is 3.72. The minimum absolute atomic E-state index is 0. The van der Waals surface area contributed by atoms with Crippen molar-refractivity contribution in [1.29, 1.82) is 0 Å². The fourth-order valence-corrected chi connectivity index (χ4v) is 2.89. The Balaban J connectivity index is 0.00000218. The van der Waals surface area contributed by atoms with Gasteiger partial charge in [-0.2, -0.15) is 58.0 Å². The van der Waals surface area contributed by atoms with Gasteiger partial charge < -0.3 is 9.58 Å². The van der Waals surface area contributed by atoms with Crippen LogP contribution in [0.15, 0.2) is 85.5 Å². The molecule has 5 aromatic rings. The summed E-state index contributed by atoms with van der Waals surface area (Å²) in [5.41, 5.74) is 3.15. The van der Waals surface area contributed by atoms with E-state index >= 15 is 0 Å². The summed E-state index contributed by atoms with van der Waals surface area (Å²) in [6.45, 7) is 0. The average molecular weight is 571 g/mol. The van der Waals surface area contributed by atoms with Crippen molar-refractivity contribution in [1.82, 2.24) is 29.8 Å². The summed E-state index contributed by atoms with van der Waals surface area (Å²) in [5.74, 6) is 0.626. The van der Waals surface area contributed by atoms with Crippen LogP contribution in [-0.2, 0) is 21.1 Å². The molecule has 0 aliphatic rings. The largest absolute Gasteiger partial charge is 0.382 e. The van der Waals surface area contributed by atoms with Crippen molar-refractivity contribution in [2.24, 2.45) is 0 Å². The van der Waals surface area contributed by atoms with Gasteiger partial charge in [0.25, 0.3) is 0 Å². The number of anilines is 3. The molecule has 30 heavy (non-hydrogen) atoms. The summed E-state index contributed by atoms with van der Waals surface area (Å²) in [7, 11) is 0. The van der Waals surface area contributed by atoms with E-state index in [1.807, 2.05) is 65.6 Å². The molecule has 5 rings (SSSR count). The molecule has 3 heterocycles. The standard InChI is InChI=1S/C22H14N7.Pt/c1-3-7-18(8-4-1)27-17-21(15-24-27)28(19-11-13-23-14-12-19)22-16-25-29(26-22)20-9-5-2-6-10-20;/h1-7,9,11-16H;/q-3;. The van der Waals surface area contributed by atoms with E-state index in [2.05, 4.69) is 38.6 Å². The van der Waals surface area contributed by atoms with E-state index in [4.69, 9.17) is 0 Å². The molecule has 0 fully saturated rings. The van der Waals surface area contributed by atoms with Crippen LogP contribution in [0, 0.1) is 18.3 Å². The molecule has 0 N–H and O–H groups in total. The minimum Gasteiger partial charge on any atom is -0.382 e. The molecule has 0 radical (unpaired) electrons. The molecular weight excluding hydrogens is 557 g/mol. The van der Waals surface area contributed by atoms with Gasteiger partial charge in [0.05, 0.1) is 6.20 Å². The first-order chi connectivity index (χ1) is 14.4. The van der Waals surface area contributed by atoms with Crippen molar-refractivity contribution < 1.29 is 21.1 Å². The van der Waals surface area contributed by atoms with Crippen LogP contribution in [0.2, 0.25) is 0 Å². The Hall–Kier alpha value is -3.57. The molecule has 0 unspecified atom stereocenters. The summed E-state index contributed by atoms with van der Waals surface area (Å²) in [4.78, 5) is 7.57. The van der Waals surface area contributed by atoms with Crippen LogP contribution in [0.4, 0.5) is 17.2 Å². The molecule has 0 aliphatic heterocycles. The van der Waals surface area contributed by atoms with Gasteiger partial charge in [-0.3, -0.25) is 10.1 Å². The van der Waals surface area contributed by atoms with Gasteiger partial charge in [-0.15, -0.1) is 11.2 Å². The number of hydrogen-bond acceptors (Lipinski definition) is 5. The third-order valence-electron chi connectivity index (χ3n) is 4.22. The molecule has 0 saturated heterocycles. The molecule has 2 aromatic carbocycles. The Morgan fingerprint density at radius 2 is 1.53 bits per heavy atom. The van der Waals surface area contributed by atoms with Gasteiger partial charge in [0.2, 0.25) is 0 Å². The third-order valence-corrected chi connectivity index (χ3v) is 4.22. The van der Waals surface area contributed by atoms with Gasteiger partial charge in [-0.25, -0.2) is 12.1 Å². The second-order valence-electron chi connectivity index (χ2n) is 6.08. The van der Waals surface area contributed by atoms with Crippen molar-refractivity contribution in [2.45, 2.75) is 0 Å². The van der Waals surface area contributed by atoms with Crippen LogP contribution in [0.3, 0.4) is 0 Å². The Kier molecular flexibility index (Phi) is 5.82. The Morgan fingerprint density at radius 1 is 0.800 bits per heavy atom. The fraction of sp³-hybridized carbons (Fsp3) is 0. The summed E-state index contributed by atoms with van der Waals surface area (Å²) >= 11 is 0. The normalized spacial score (nSPS) is 10.4.